The summed E-state index contributed by atoms with van der Waals surface area (Å²) >= 11 is 0. The highest BCUT2D eigenvalue weighted by Crippen LogP contribution is 2.54. The largest absolute Gasteiger partial charge is 0.309 e. The molecule has 0 saturated heterocycles. The lowest BCUT2D eigenvalue weighted by Gasteiger charge is -2.49. The molecule has 4 aromatic heterocycles. The Morgan fingerprint density at radius 1 is 0.200 bits per heavy atom. The first kappa shape index (κ1) is 46.0. The number of nitrogens with zero attached hydrogens (tertiary/aromatic N) is 4. The van der Waals surface area contributed by atoms with E-state index in [0.29, 0.717) is 0 Å². The van der Waals surface area contributed by atoms with Crippen LogP contribution in [-0.4, -0.2) is 18.3 Å². The van der Waals surface area contributed by atoms with Gasteiger partial charge < -0.3 is 18.3 Å². The van der Waals surface area contributed by atoms with Gasteiger partial charge in [-0.25, -0.2) is 0 Å². The third-order valence-electron chi connectivity index (χ3n) is 17.7. The fraction of sp³-hybridized carbons (Fsp3) is 0.0526. The fourth-order valence-electron chi connectivity index (χ4n) is 14.3. The van der Waals surface area contributed by atoms with Crippen molar-refractivity contribution in [1.82, 2.24) is 18.3 Å². The van der Waals surface area contributed by atoms with Crippen molar-refractivity contribution in [2.75, 3.05) is 0 Å². The van der Waals surface area contributed by atoms with Gasteiger partial charge >= 0.3 is 0 Å². The van der Waals surface area contributed by atoms with Crippen molar-refractivity contribution in [3.05, 3.63) is 313 Å². The molecule has 0 radical (unpaired) electrons. The molecular weight excluding hydrogens is 969 g/mol. The highest BCUT2D eigenvalue weighted by Gasteiger charge is 2.50. The summed E-state index contributed by atoms with van der Waals surface area (Å²) in [7, 11) is 0. The molecule has 0 saturated carbocycles. The van der Waals surface area contributed by atoms with E-state index < -0.39 is 10.8 Å². The summed E-state index contributed by atoms with van der Waals surface area (Å²) in [6.07, 6.45) is 0. The summed E-state index contributed by atoms with van der Waals surface area (Å²) in [4.78, 5) is 0. The zero-order chi connectivity index (χ0) is 53.1. The third-order valence-corrected chi connectivity index (χ3v) is 17.7. The summed E-state index contributed by atoms with van der Waals surface area (Å²) in [5.74, 6) is 0. The molecule has 4 heterocycles. The van der Waals surface area contributed by atoms with Gasteiger partial charge in [0.25, 0.3) is 0 Å². The van der Waals surface area contributed by atoms with Gasteiger partial charge in [0.15, 0.2) is 0 Å². The second kappa shape index (κ2) is 17.7. The lowest BCUT2D eigenvalue weighted by molar-refractivity contribution is 0.357. The second-order valence-corrected chi connectivity index (χ2v) is 22.1. The minimum atomic E-state index is -0.716. The molecule has 16 rings (SSSR count). The Hall–Kier alpha value is -10.2. The monoisotopic (exact) mass is 1020 g/mol. The van der Waals surface area contributed by atoms with Gasteiger partial charge in [0, 0.05) is 71.3 Å². The van der Waals surface area contributed by atoms with E-state index in [9.17, 15) is 0 Å². The van der Waals surface area contributed by atoms with Crippen molar-refractivity contribution in [3.8, 4) is 22.7 Å². The summed E-state index contributed by atoms with van der Waals surface area (Å²) in [6.45, 7) is 4.89. The van der Waals surface area contributed by atoms with Crippen LogP contribution in [0.25, 0.3) is 110 Å². The van der Waals surface area contributed by atoms with E-state index in [2.05, 4.69) is 323 Å². The van der Waals surface area contributed by atoms with Crippen LogP contribution in [0.4, 0.5) is 0 Å². The molecule has 0 unspecified atom stereocenters. The van der Waals surface area contributed by atoms with Crippen molar-refractivity contribution in [1.29, 1.82) is 0 Å². The number of hydrogen-bond donors (Lipinski definition) is 0. The van der Waals surface area contributed by atoms with Crippen LogP contribution in [0.5, 0.6) is 0 Å². The number of aromatic nitrogens is 4. The lowest BCUT2D eigenvalue weighted by atomic mass is 9.53. The highest BCUT2D eigenvalue weighted by atomic mass is 15.0. The summed E-state index contributed by atoms with van der Waals surface area (Å²) in [5.41, 5.74) is 17.7. The van der Waals surface area contributed by atoms with Gasteiger partial charge in [-0.05, 0) is 119 Å². The van der Waals surface area contributed by atoms with Gasteiger partial charge in [0.05, 0.1) is 49.5 Å². The Morgan fingerprint density at radius 3 is 0.812 bits per heavy atom. The van der Waals surface area contributed by atoms with Gasteiger partial charge in [0.1, 0.15) is 0 Å². The number of hydrogen-bond acceptors (Lipinski definition) is 0. The zero-order valence-electron chi connectivity index (χ0n) is 44.5. The minimum Gasteiger partial charge on any atom is -0.309 e. The molecular formula is C76H54N4. The molecule has 0 fully saturated rings. The predicted octanol–water partition coefficient (Wildman–Crippen LogP) is 19.4. The van der Waals surface area contributed by atoms with Crippen molar-refractivity contribution < 1.29 is 0 Å². The first-order chi connectivity index (χ1) is 39.5. The first-order valence-electron chi connectivity index (χ1n) is 27.8. The van der Waals surface area contributed by atoms with E-state index in [0.717, 1.165) is 33.8 Å². The number of fused-ring (bicyclic) bond motifs is 12. The van der Waals surface area contributed by atoms with E-state index in [4.69, 9.17) is 0 Å². The maximum absolute atomic E-state index is 2.48. The van der Waals surface area contributed by atoms with Crippen molar-refractivity contribution in [3.63, 3.8) is 0 Å². The minimum absolute atomic E-state index is 0.497. The van der Waals surface area contributed by atoms with Crippen LogP contribution < -0.4 is 0 Å². The van der Waals surface area contributed by atoms with E-state index in [-0.39, 0.29) is 0 Å². The van der Waals surface area contributed by atoms with Crippen molar-refractivity contribution >= 4 is 87.2 Å². The Balaban J connectivity index is 0.918. The topological polar surface area (TPSA) is 19.7 Å². The number of rotatable bonds is 9. The third kappa shape index (κ3) is 6.57. The molecule has 80 heavy (non-hydrogen) atoms. The molecule has 12 aromatic carbocycles. The van der Waals surface area contributed by atoms with Crippen LogP contribution in [0.2, 0.25) is 0 Å². The zero-order valence-corrected chi connectivity index (χ0v) is 44.5. The predicted molar refractivity (Wildman–Crippen MR) is 336 cm³/mol. The van der Waals surface area contributed by atoms with Crippen LogP contribution in [0, 0.1) is 0 Å². The fourth-order valence-corrected chi connectivity index (χ4v) is 14.3. The van der Waals surface area contributed by atoms with E-state index in [1.54, 1.807) is 0 Å². The summed E-state index contributed by atoms with van der Waals surface area (Å²) < 4.78 is 9.82. The molecule has 0 aliphatic heterocycles. The average molecular weight is 1020 g/mol. The van der Waals surface area contributed by atoms with Crippen LogP contribution in [0.3, 0.4) is 0 Å². The van der Waals surface area contributed by atoms with Crippen molar-refractivity contribution in [2.24, 2.45) is 0 Å². The second-order valence-electron chi connectivity index (χ2n) is 22.1. The normalized spacial score (nSPS) is 12.4. The van der Waals surface area contributed by atoms with Gasteiger partial charge in [-0.2, -0.15) is 0 Å². The molecule has 4 heteroatoms. The van der Waals surface area contributed by atoms with E-state index in [1.807, 2.05) is 0 Å². The molecule has 0 spiro atoms. The average Bonchev–Trinajstić information content (AvgIpc) is 4.31. The highest BCUT2D eigenvalue weighted by molar-refractivity contribution is 6.14. The Bertz CT molecular complexity index is 4720. The maximum Gasteiger partial charge on any atom is 0.0543 e. The first-order valence-corrected chi connectivity index (χ1v) is 27.8. The lowest BCUT2D eigenvalue weighted by Crippen LogP contribution is -2.47. The molecule has 0 aliphatic carbocycles. The van der Waals surface area contributed by atoms with Gasteiger partial charge in [-0.15, -0.1) is 0 Å². The molecule has 378 valence electrons. The molecule has 0 N–H and O–H groups in total. The Labute approximate surface area is 463 Å². The van der Waals surface area contributed by atoms with Crippen molar-refractivity contribution in [2.45, 2.75) is 24.7 Å². The van der Waals surface area contributed by atoms with Crippen LogP contribution >= 0.6 is 0 Å². The maximum atomic E-state index is 2.48. The SMILES string of the molecule is CC(C)(c1ccccc1)C(c1ccccc1)(c1cccc(-n2c3ccccc3c3cc(-n4c5ccccc5c5ccccc54)ccc32)c1)c1cccc(-n2c3ccccc3c3cc(-n4c5ccccc5c5ccccc54)ccc32)c1. The Kier molecular flexibility index (Phi) is 10.2. The smallest absolute Gasteiger partial charge is 0.0543 e. The van der Waals surface area contributed by atoms with Gasteiger partial charge in [-0.1, -0.05) is 208 Å². The summed E-state index contributed by atoms with van der Waals surface area (Å²) in [5, 5.41) is 9.89. The molecule has 0 bridgehead atoms. The standard InChI is InChI=1S/C76H54N4/c1-75(2,51-23-5-3-6-24-51)76(52-25-7-4-8-26-52,53-27-21-29-55(47-53)77-71-41-19-13-35-63(71)65-49-57(43-45-73(65)77)79-67-37-15-9-31-59(67)60-32-10-16-38-68(60)79)54-28-22-30-56(48-54)78-72-42-20-14-36-64(72)66-50-58(44-46-74(66)78)80-69-39-17-11-33-61(69)62-34-12-18-40-70(62)80/h3-50H,1-2H3. The van der Waals surface area contributed by atoms with E-state index >= 15 is 0 Å². The number of benzene rings is 12. The quantitative estimate of drug-likeness (QED) is 0.128. The van der Waals surface area contributed by atoms with E-state index in [1.165, 1.54) is 98.4 Å². The number of para-hydroxylation sites is 6. The molecule has 4 nitrogen and oxygen atoms in total. The van der Waals surface area contributed by atoms with Crippen LogP contribution in [0.15, 0.2) is 291 Å². The molecule has 0 amide bonds. The molecule has 0 atom stereocenters. The molecule has 0 aliphatic rings. The van der Waals surface area contributed by atoms with Gasteiger partial charge in [-0.3, -0.25) is 0 Å². The Morgan fingerprint density at radius 2 is 0.463 bits per heavy atom. The van der Waals surface area contributed by atoms with Crippen LogP contribution in [0.1, 0.15) is 36.1 Å². The molecule has 16 aromatic rings. The summed E-state index contributed by atoms with van der Waals surface area (Å²) in [6, 6.07) is 108. The van der Waals surface area contributed by atoms with Crippen LogP contribution in [-0.2, 0) is 10.8 Å². The van der Waals surface area contributed by atoms with Gasteiger partial charge in [0.2, 0.25) is 0 Å².